The first-order valence-corrected chi connectivity index (χ1v) is 7.53. The van der Waals surface area contributed by atoms with Crippen molar-refractivity contribution in [1.82, 2.24) is 4.98 Å². The second-order valence-electron chi connectivity index (χ2n) is 5.20. The van der Waals surface area contributed by atoms with E-state index in [-0.39, 0.29) is 11.6 Å². The van der Waals surface area contributed by atoms with Crippen LogP contribution in [0.2, 0.25) is 5.02 Å². The summed E-state index contributed by atoms with van der Waals surface area (Å²) in [6.07, 6.45) is 0. The summed E-state index contributed by atoms with van der Waals surface area (Å²) in [5.41, 5.74) is 2.69. The summed E-state index contributed by atoms with van der Waals surface area (Å²) < 4.78 is 5.62. The van der Waals surface area contributed by atoms with Crippen molar-refractivity contribution in [3.05, 3.63) is 70.6 Å². The zero-order valence-corrected chi connectivity index (χ0v) is 13.5. The molecule has 0 spiro atoms. The summed E-state index contributed by atoms with van der Waals surface area (Å²) in [6, 6.07) is 14.8. The van der Waals surface area contributed by atoms with Crippen molar-refractivity contribution in [2.45, 2.75) is 13.8 Å². The lowest BCUT2D eigenvalue weighted by Gasteiger charge is -2.07. The molecule has 1 aromatic heterocycles. The summed E-state index contributed by atoms with van der Waals surface area (Å²) in [5, 5.41) is 3.47. The van der Waals surface area contributed by atoms with E-state index in [1.165, 1.54) is 0 Å². The molecule has 2 aromatic carbocycles. The summed E-state index contributed by atoms with van der Waals surface area (Å²) in [7, 11) is 0. The van der Waals surface area contributed by atoms with Gasteiger partial charge < -0.3 is 9.73 Å². The van der Waals surface area contributed by atoms with E-state index in [0.29, 0.717) is 22.4 Å². The number of halogens is 1. The molecule has 1 N–H and O–H groups in total. The predicted molar refractivity (Wildman–Crippen MR) is 90.8 cm³/mol. The highest BCUT2D eigenvalue weighted by Crippen LogP contribution is 2.24. The van der Waals surface area contributed by atoms with Crippen molar-refractivity contribution in [1.29, 1.82) is 0 Å². The fourth-order valence-electron chi connectivity index (χ4n) is 2.26. The van der Waals surface area contributed by atoms with Gasteiger partial charge in [-0.05, 0) is 49.7 Å². The second kappa shape index (κ2) is 6.26. The van der Waals surface area contributed by atoms with Crippen molar-refractivity contribution in [3.63, 3.8) is 0 Å². The molecular formula is C18H15ClN2O2. The number of nitrogens with one attached hydrogen (secondary N) is 1. The Labute approximate surface area is 139 Å². The molecule has 0 aliphatic carbocycles. The maximum atomic E-state index is 12.5. The van der Waals surface area contributed by atoms with Gasteiger partial charge in [0.05, 0.1) is 0 Å². The number of benzene rings is 2. The molecule has 23 heavy (non-hydrogen) atoms. The Balaban J connectivity index is 1.87. The summed E-state index contributed by atoms with van der Waals surface area (Å²) in [5.74, 6) is 0.605. The molecule has 0 fully saturated rings. The lowest BCUT2D eigenvalue weighted by molar-refractivity contribution is 0.102. The van der Waals surface area contributed by atoms with Crippen LogP contribution < -0.4 is 5.32 Å². The average molecular weight is 327 g/mol. The number of oxazole rings is 1. The van der Waals surface area contributed by atoms with Crippen molar-refractivity contribution in [2.24, 2.45) is 0 Å². The first kappa shape index (κ1) is 15.3. The van der Waals surface area contributed by atoms with E-state index in [2.05, 4.69) is 10.3 Å². The fraction of sp³-hybridized carbons (Fsp3) is 0.111. The first-order chi connectivity index (χ1) is 11.0. The van der Waals surface area contributed by atoms with E-state index in [4.69, 9.17) is 16.0 Å². The van der Waals surface area contributed by atoms with Crippen LogP contribution in [0.1, 0.15) is 21.8 Å². The summed E-state index contributed by atoms with van der Waals surface area (Å²) in [6.45, 7) is 3.61. The number of hydrogen-bond acceptors (Lipinski definition) is 3. The third kappa shape index (κ3) is 3.27. The molecule has 3 aromatic rings. The Morgan fingerprint density at radius 1 is 1.13 bits per heavy atom. The summed E-state index contributed by atoms with van der Waals surface area (Å²) >= 11 is 5.93. The Morgan fingerprint density at radius 2 is 1.87 bits per heavy atom. The van der Waals surface area contributed by atoms with Gasteiger partial charge in [-0.25, -0.2) is 4.98 Å². The van der Waals surface area contributed by atoms with Gasteiger partial charge in [0.1, 0.15) is 5.76 Å². The smallest absolute Gasteiger partial charge is 0.277 e. The fourth-order valence-corrected chi connectivity index (χ4v) is 2.49. The van der Waals surface area contributed by atoms with E-state index < -0.39 is 0 Å². The number of carbonyl (C=O) groups is 1. The average Bonchev–Trinajstić information content (AvgIpc) is 2.93. The molecule has 3 rings (SSSR count). The minimum atomic E-state index is -0.307. The molecule has 5 heteroatoms. The minimum Gasteiger partial charge on any atom is -0.441 e. The van der Waals surface area contributed by atoms with Crippen LogP contribution in [0.15, 0.2) is 52.9 Å². The standard InChI is InChI=1S/C18H15ClN2O2/c1-11-10-14(19)8-9-15(11)20-17(22)16-12(2)23-18(21-16)13-6-4-3-5-7-13/h3-10H,1-2H3,(H,20,22). The van der Waals surface area contributed by atoms with Gasteiger partial charge in [0, 0.05) is 16.3 Å². The molecule has 0 saturated heterocycles. The van der Waals surface area contributed by atoms with Crippen molar-refractivity contribution in [3.8, 4) is 11.5 Å². The van der Waals surface area contributed by atoms with E-state index >= 15 is 0 Å². The molecule has 0 aliphatic heterocycles. The van der Waals surface area contributed by atoms with Crippen LogP contribution >= 0.6 is 11.6 Å². The van der Waals surface area contributed by atoms with E-state index in [1.807, 2.05) is 37.3 Å². The predicted octanol–water partition coefficient (Wildman–Crippen LogP) is 4.86. The lowest BCUT2D eigenvalue weighted by Crippen LogP contribution is -2.14. The molecule has 1 amide bonds. The highest BCUT2D eigenvalue weighted by Gasteiger charge is 2.18. The van der Waals surface area contributed by atoms with Crippen molar-refractivity contribution in [2.75, 3.05) is 5.32 Å². The van der Waals surface area contributed by atoms with E-state index in [1.54, 1.807) is 25.1 Å². The zero-order valence-electron chi connectivity index (χ0n) is 12.8. The van der Waals surface area contributed by atoms with Crippen molar-refractivity contribution >= 4 is 23.2 Å². The number of anilines is 1. The molecule has 0 radical (unpaired) electrons. The molecule has 1 heterocycles. The number of hydrogen-bond donors (Lipinski definition) is 1. The molecule has 116 valence electrons. The molecule has 0 bridgehead atoms. The van der Waals surface area contributed by atoms with Gasteiger partial charge in [-0.15, -0.1) is 0 Å². The van der Waals surface area contributed by atoms with E-state index in [0.717, 1.165) is 11.1 Å². The monoisotopic (exact) mass is 326 g/mol. The van der Waals surface area contributed by atoms with Crippen LogP contribution in [0.25, 0.3) is 11.5 Å². The number of carbonyl (C=O) groups excluding carboxylic acids is 1. The maximum absolute atomic E-state index is 12.5. The minimum absolute atomic E-state index is 0.276. The van der Waals surface area contributed by atoms with Crippen LogP contribution in [0.3, 0.4) is 0 Å². The van der Waals surface area contributed by atoms with E-state index in [9.17, 15) is 4.79 Å². The van der Waals surface area contributed by atoms with Gasteiger partial charge in [-0.2, -0.15) is 0 Å². The van der Waals surface area contributed by atoms with Gasteiger partial charge in [0.2, 0.25) is 5.89 Å². The Kier molecular flexibility index (Phi) is 4.17. The largest absolute Gasteiger partial charge is 0.441 e. The van der Waals surface area contributed by atoms with Gasteiger partial charge >= 0.3 is 0 Å². The molecule has 0 saturated carbocycles. The number of amides is 1. The van der Waals surface area contributed by atoms with Gasteiger partial charge in [-0.1, -0.05) is 29.8 Å². The zero-order chi connectivity index (χ0) is 16.4. The topological polar surface area (TPSA) is 55.1 Å². The van der Waals surface area contributed by atoms with Crippen LogP contribution in [-0.4, -0.2) is 10.9 Å². The number of aromatic nitrogens is 1. The van der Waals surface area contributed by atoms with Crippen molar-refractivity contribution < 1.29 is 9.21 Å². The summed E-state index contributed by atoms with van der Waals surface area (Å²) in [4.78, 5) is 16.8. The third-order valence-electron chi connectivity index (χ3n) is 3.47. The Morgan fingerprint density at radius 3 is 2.57 bits per heavy atom. The SMILES string of the molecule is Cc1cc(Cl)ccc1NC(=O)c1nc(-c2ccccc2)oc1C. The van der Waals surface area contributed by atoms with Gasteiger partial charge in [0.15, 0.2) is 5.69 Å². The van der Waals surface area contributed by atoms with Crippen LogP contribution in [0.5, 0.6) is 0 Å². The van der Waals surface area contributed by atoms with Gasteiger partial charge in [-0.3, -0.25) is 4.79 Å². The number of aryl methyl sites for hydroxylation is 2. The lowest BCUT2D eigenvalue weighted by atomic mass is 10.2. The van der Waals surface area contributed by atoms with Crippen LogP contribution in [0.4, 0.5) is 5.69 Å². The molecule has 4 nitrogen and oxygen atoms in total. The quantitative estimate of drug-likeness (QED) is 0.747. The first-order valence-electron chi connectivity index (χ1n) is 7.15. The second-order valence-corrected chi connectivity index (χ2v) is 5.64. The number of nitrogens with zero attached hydrogens (tertiary/aromatic N) is 1. The molecule has 0 unspecified atom stereocenters. The molecule has 0 atom stereocenters. The third-order valence-corrected chi connectivity index (χ3v) is 3.70. The Hall–Kier alpha value is -2.59. The Bertz CT molecular complexity index is 857. The highest BCUT2D eigenvalue weighted by atomic mass is 35.5. The maximum Gasteiger partial charge on any atom is 0.277 e. The van der Waals surface area contributed by atoms with Gasteiger partial charge in [0.25, 0.3) is 5.91 Å². The normalized spacial score (nSPS) is 10.6. The van der Waals surface area contributed by atoms with Crippen LogP contribution in [0, 0.1) is 13.8 Å². The van der Waals surface area contributed by atoms with Crippen LogP contribution in [-0.2, 0) is 0 Å². The molecular weight excluding hydrogens is 312 g/mol. The molecule has 0 aliphatic rings. The number of rotatable bonds is 3. The highest BCUT2D eigenvalue weighted by molar-refractivity contribution is 6.30.